The van der Waals surface area contributed by atoms with Crippen LogP contribution in [0.3, 0.4) is 0 Å². The maximum Gasteiger partial charge on any atom is 0.222 e. The molecule has 2 nitrogen and oxygen atoms in total. The molecule has 0 saturated heterocycles. The van der Waals surface area contributed by atoms with Gasteiger partial charge in [-0.15, -0.1) is 0 Å². The molecule has 0 aliphatic heterocycles. The summed E-state index contributed by atoms with van der Waals surface area (Å²) in [6, 6.07) is 0. The second-order valence-corrected chi connectivity index (χ2v) is 6.56. The van der Waals surface area contributed by atoms with Crippen molar-refractivity contribution in [1.29, 1.82) is 0 Å². The SMILES string of the molecule is CCC(CC)(CCCCCCCCC(=O)Cl)CC(=O)Cl. The van der Waals surface area contributed by atoms with Crippen LogP contribution in [0.15, 0.2) is 0 Å². The molecule has 0 atom stereocenters. The highest BCUT2D eigenvalue weighted by molar-refractivity contribution is 6.63. The van der Waals surface area contributed by atoms with Crippen LogP contribution >= 0.6 is 23.2 Å². The molecule has 4 heteroatoms. The average molecular weight is 323 g/mol. The van der Waals surface area contributed by atoms with Gasteiger partial charge in [0.2, 0.25) is 10.5 Å². The molecule has 0 bridgehead atoms. The van der Waals surface area contributed by atoms with Gasteiger partial charge < -0.3 is 0 Å². The smallest absolute Gasteiger partial charge is 0.222 e. The molecular formula is C16H28Cl2O2. The standard InChI is InChI=1S/C16H28Cl2O2/c1-3-16(4-2,13-15(18)20)12-10-8-6-5-7-9-11-14(17)19/h3-13H2,1-2H3. The summed E-state index contributed by atoms with van der Waals surface area (Å²) in [4.78, 5) is 21.7. The van der Waals surface area contributed by atoms with E-state index in [9.17, 15) is 9.59 Å². The summed E-state index contributed by atoms with van der Waals surface area (Å²) in [7, 11) is 0. The van der Waals surface area contributed by atoms with Gasteiger partial charge >= 0.3 is 0 Å². The van der Waals surface area contributed by atoms with Crippen LogP contribution in [-0.2, 0) is 9.59 Å². The van der Waals surface area contributed by atoms with Crippen molar-refractivity contribution in [1.82, 2.24) is 0 Å². The lowest BCUT2D eigenvalue weighted by atomic mass is 9.75. The first kappa shape index (κ1) is 19.9. The summed E-state index contributed by atoms with van der Waals surface area (Å²) in [5.74, 6) is 0. The Bertz CT molecular complexity index is 286. The molecule has 0 aromatic rings. The summed E-state index contributed by atoms with van der Waals surface area (Å²) in [5.41, 5.74) is 0.101. The maximum absolute atomic E-state index is 11.2. The van der Waals surface area contributed by atoms with Crippen LogP contribution < -0.4 is 0 Å². The Kier molecular flexibility index (Phi) is 11.5. The van der Waals surface area contributed by atoms with Crippen molar-refractivity contribution in [3.8, 4) is 0 Å². The van der Waals surface area contributed by atoms with E-state index < -0.39 is 0 Å². The van der Waals surface area contributed by atoms with E-state index in [2.05, 4.69) is 13.8 Å². The molecule has 0 aliphatic carbocycles. The molecule has 0 aromatic heterocycles. The van der Waals surface area contributed by atoms with Crippen LogP contribution in [0.1, 0.15) is 84.5 Å². The summed E-state index contributed by atoms with van der Waals surface area (Å²) in [6.07, 6.45) is 10.8. The van der Waals surface area contributed by atoms with Crippen LogP contribution in [0.5, 0.6) is 0 Å². The molecule has 0 unspecified atom stereocenters. The molecule has 0 aliphatic rings. The third-order valence-corrected chi connectivity index (χ3v) is 4.67. The first-order chi connectivity index (χ1) is 9.45. The van der Waals surface area contributed by atoms with Gasteiger partial charge in [0.25, 0.3) is 0 Å². The number of unbranched alkanes of at least 4 members (excludes halogenated alkanes) is 5. The first-order valence-electron chi connectivity index (χ1n) is 7.82. The molecule has 20 heavy (non-hydrogen) atoms. The van der Waals surface area contributed by atoms with E-state index in [1.165, 1.54) is 12.8 Å². The Morgan fingerprint density at radius 3 is 1.75 bits per heavy atom. The number of rotatable bonds is 13. The van der Waals surface area contributed by atoms with Crippen LogP contribution in [0.2, 0.25) is 0 Å². The third-order valence-electron chi connectivity index (χ3n) is 4.34. The zero-order chi connectivity index (χ0) is 15.4. The minimum atomic E-state index is -0.230. The highest BCUT2D eigenvalue weighted by atomic mass is 35.5. The van der Waals surface area contributed by atoms with Gasteiger partial charge in [-0.25, -0.2) is 0 Å². The van der Waals surface area contributed by atoms with E-state index in [4.69, 9.17) is 23.2 Å². The van der Waals surface area contributed by atoms with Gasteiger partial charge in [-0.3, -0.25) is 9.59 Å². The molecular weight excluding hydrogens is 295 g/mol. The molecule has 0 heterocycles. The van der Waals surface area contributed by atoms with E-state index in [0.29, 0.717) is 12.8 Å². The van der Waals surface area contributed by atoms with Gasteiger partial charge in [0.1, 0.15) is 0 Å². The molecule has 0 fully saturated rings. The van der Waals surface area contributed by atoms with Gasteiger partial charge in [0, 0.05) is 12.8 Å². The van der Waals surface area contributed by atoms with Crippen molar-refractivity contribution in [2.45, 2.75) is 84.5 Å². The van der Waals surface area contributed by atoms with Crippen molar-refractivity contribution >= 4 is 33.7 Å². The number of carbonyl (C=O) groups is 2. The first-order valence-corrected chi connectivity index (χ1v) is 8.58. The predicted octanol–water partition coefficient (Wildman–Crippen LogP) is 5.83. The lowest BCUT2D eigenvalue weighted by Crippen LogP contribution is -2.21. The van der Waals surface area contributed by atoms with Crippen LogP contribution in [0.4, 0.5) is 0 Å². The van der Waals surface area contributed by atoms with E-state index in [1.807, 2.05) is 0 Å². The molecule has 0 radical (unpaired) electrons. The summed E-state index contributed by atoms with van der Waals surface area (Å²) >= 11 is 10.9. The van der Waals surface area contributed by atoms with Gasteiger partial charge in [-0.05, 0) is 54.3 Å². The molecule has 0 N–H and O–H groups in total. The third kappa shape index (κ3) is 9.77. The number of hydrogen-bond donors (Lipinski definition) is 0. The van der Waals surface area contributed by atoms with Crippen LogP contribution in [-0.4, -0.2) is 10.5 Å². The van der Waals surface area contributed by atoms with Gasteiger partial charge in [0.05, 0.1) is 0 Å². The fraction of sp³-hybridized carbons (Fsp3) is 0.875. The number of halogens is 2. The Morgan fingerprint density at radius 2 is 1.30 bits per heavy atom. The minimum Gasteiger partial charge on any atom is -0.281 e. The Hall–Kier alpha value is -0.0800. The van der Waals surface area contributed by atoms with Gasteiger partial charge in [0.15, 0.2) is 0 Å². The minimum absolute atomic E-state index is 0.101. The lowest BCUT2D eigenvalue weighted by molar-refractivity contribution is -0.114. The zero-order valence-corrected chi connectivity index (χ0v) is 14.4. The van der Waals surface area contributed by atoms with Crippen molar-refractivity contribution in [2.75, 3.05) is 0 Å². The summed E-state index contributed by atoms with van der Waals surface area (Å²) in [5, 5.41) is -0.439. The largest absolute Gasteiger partial charge is 0.281 e. The van der Waals surface area contributed by atoms with Crippen molar-refractivity contribution < 1.29 is 9.59 Å². The quantitative estimate of drug-likeness (QED) is 0.315. The monoisotopic (exact) mass is 322 g/mol. The molecule has 0 rings (SSSR count). The highest BCUT2D eigenvalue weighted by Gasteiger charge is 2.27. The van der Waals surface area contributed by atoms with Gasteiger partial charge in [-0.2, -0.15) is 0 Å². The van der Waals surface area contributed by atoms with Crippen molar-refractivity contribution in [3.63, 3.8) is 0 Å². The van der Waals surface area contributed by atoms with E-state index in [1.54, 1.807) is 0 Å². The second kappa shape index (κ2) is 11.6. The predicted molar refractivity (Wildman–Crippen MR) is 86.3 cm³/mol. The van der Waals surface area contributed by atoms with Crippen LogP contribution in [0, 0.1) is 5.41 Å². The number of carbonyl (C=O) groups excluding carboxylic acids is 2. The Balaban J connectivity index is 3.74. The molecule has 0 saturated carbocycles. The lowest BCUT2D eigenvalue weighted by Gasteiger charge is -2.30. The fourth-order valence-electron chi connectivity index (χ4n) is 2.71. The molecule has 0 aromatic carbocycles. The Morgan fingerprint density at radius 1 is 0.800 bits per heavy atom. The van der Waals surface area contributed by atoms with E-state index in [-0.39, 0.29) is 15.9 Å². The molecule has 0 amide bonds. The molecule has 0 spiro atoms. The highest BCUT2D eigenvalue weighted by Crippen LogP contribution is 2.37. The van der Waals surface area contributed by atoms with Crippen LogP contribution in [0.25, 0.3) is 0 Å². The maximum atomic E-state index is 11.2. The normalized spacial score (nSPS) is 11.6. The topological polar surface area (TPSA) is 34.1 Å². The fourth-order valence-corrected chi connectivity index (χ4v) is 3.12. The zero-order valence-electron chi connectivity index (χ0n) is 12.9. The summed E-state index contributed by atoms with van der Waals surface area (Å²) in [6.45, 7) is 4.29. The average Bonchev–Trinajstić information content (AvgIpc) is 2.39. The van der Waals surface area contributed by atoms with Crippen molar-refractivity contribution in [3.05, 3.63) is 0 Å². The second-order valence-electron chi connectivity index (χ2n) is 5.72. The van der Waals surface area contributed by atoms with E-state index in [0.717, 1.165) is 44.9 Å². The van der Waals surface area contributed by atoms with Gasteiger partial charge in [-0.1, -0.05) is 46.0 Å². The number of hydrogen-bond acceptors (Lipinski definition) is 2. The van der Waals surface area contributed by atoms with Crippen molar-refractivity contribution in [2.24, 2.45) is 5.41 Å². The summed E-state index contributed by atoms with van der Waals surface area (Å²) < 4.78 is 0. The Labute approximate surface area is 133 Å². The molecule has 118 valence electrons. The van der Waals surface area contributed by atoms with E-state index >= 15 is 0 Å².